The molecule has 0 spiro atoms. The predicted octanol–water partition coefficient (Wildman–Crippen LogP) is 4.21. The van der Waals surface area contributed by atoms with E-state index in [1.165, 1.54) is 0 Å². The van der Waals surface area contributed by atoms with Gasteiger partial charge in [0.25, 0.3) is 0 Å². The van der Waals surface area contributed by atoms with Crippen LogP contribution in [0.5, 0.6) is 11.5 Å². The van der Waals surface area contributed by atoms with Gasteiger partial charge in [0, 0.05) is 21.4 Å². The molecule has 156 valence electrons. The maximum Gasteiger partial charge on any atom is 0.515 e. The van der Waals surface area contributed by atoms with Crippen LogP contribution in [0.4, 0.5) is 4.79 Å². The highest BCUT2D eigenvalue weighted by atomic mass is 32.2. The number of benzene rings is 2. The third-order valence-corrected chi connectivity index (χ3v) is 5.88. The van der Waals surface area contributed by atoms with Crippen molar-refractivity contribution in [2.75, 3.05) is 26.9 Å². The van der Waals surface area contributed by atoms with E-state index < -0.39 is 6.16 Å². The summed E-state index contributed by atoms with van der Waals surface area (Å²) in [4.78, 5) is 18.8. The number of hydrogen-bond acceptors (Lipinski definition) is 8. The van der Waals surface area contributed by atoms with Crippen molar-refractivity contribution in [3.8, 4) is 11.5 Å². The lowest BCUT2D eigenvalue weighted by atomic mass is 10.0. The molecule has 0 fully saturated rings. The number of fused-ring (bicyclic) bond motifs is 3. The second kappa shape index (κ2) is 8.81. The Kier molecular flexibility index (Phi) is 5.96. The second-order valence-electron chi connectivity index (χ2n) is 6.44. The van der Waals surface area contributed by atoms with E-state index >= 15 is 0 Å². The molecule has 30 heavy (non-hydrogen) atoms. The van der Waals surface area contributed by atoms with Crippen LogP contribution in [0.25, 0.3) is 5.57 Å². The molecule has 0 radical (unpaired) electrons. The molecule has 0 bridgehead atoms. The summed E-state index contributed by atoms with van der Waals surface area (Å²) < 4.78 is 21.5. The van der Waals surface area contributed by atoms with Gasteiger partial charge in [-0.25, -0.2) is 9.79 Å². The molecule has 2 aliphatic heterocycles. The zero-order valence-electron chi connectivity index (χ0n) is 16.6. The molecule has 0 aliphatic carbocycles. The summed E-state index contributed by atoms with van der Waals surface area (Å²) in [7, 11) is 1.57. The molecule has 4 rings (SSSR count). The van der Waals surface area contributed by atoms with Gasteiger partial charge in [-0.1, -0.05) is 30.0 Å². The van der Waals surface area contributed by atoms with Crippen molar-refractivity contribution in [2.45, 2.75) is 17.9 Å². The maximum atomic E-state index is 12.1. The number of thioether (sulfide) groups is 1. The molecule has 1 atom stereocenters. The summed E-state index contributed by atoms with van der Waals surface area (Å²) in [6, 6.07) is 13.1. The van der Waals surface area contributed by atoms with Gasteiger partial charge in [-0.05, 0) is 30.7 Å². The highest BCUT2D eigenvalue weighted by Gasteiger charge is 2.40. The lowest BCUT2D eigenvalue weighted by Crippen LogP contribution is -2.15. The summed E-state index contributed by atoms with van der Waals surface area (Å²) in [6.45, 7) is 1.89. The van der Waals surface area contributed by atoms with E-state index in [1.807, 2.05) is 30.3 Å². The van der Waals surface area contributed by atoms with Crippen LogP contribution in [0.3, 0.4) is 0 Å². The Hall–Kier alpha value is -2.97. The fourth-order valence-electron chi connectivity index (χ4n) is 3.38. The summed E-state index contributed by atoms with van der Waals surface area (Å²) in [6.07, 6.45) is -0.807. The molecule has 8 heteroatoms. The van der Waals surface area contributed by atoms with Gasteiger partial charge in [-0.2, -0.15) is 0 Å². The van der Waals surface area contributed by atoms with Crippen molar-refractivity contribution in [1.82, 2.24) is 0 Å². The third kappa shape index (κ3) is 3.76. The standard InChI is InChI=1S/C22H21NO6S/c1-3-27-22(25)29-21-18(14-9-8-13(26-2)12-16(14)28-11-10-24)20-19(23-21)15-6-4-5-7-17(15)30-20/h4-9,12,19,24H,3,10-11H2,1-2H3. The van der Waals surface area contributed by atoms with Crippen LogP contribution < -0.4 is 9.47 Å². The summed E-state index contributed by atoms with van der Waals surface area (Å²) in [5, 5.41) is 9.23. The van der Waals surface area contributed by atoms with Crippen molar-refractivity contribution in [2.24, 2.45) is 4.99 Å². The highest BCUT2D eigenvalue weighted by Crippen LogP contribution is 2.56. The number of hydrogen-bond donors (Lipinski definition) is 1. The minimum absolute atomic E-state index is 0.116. The molecule has 0 saturated carbocycles. The first-order valence-corrected chi connectivity index (χ1v) is 10.3. The van der Waals surface area contributed by atoms with Crippen LogP contribution in [-0.2, 0) is 9.47 Å². The molecule has 2 heterocycles. The Morgan fingerprint density at radius 2 is 2.07 bits per heavy atom. The highest BCUT2D eigenvalue weighted by molar-refractivity contribution is 8.03. The molecule has 2 aliphatic rings. The summed E-state index contributed by atoms with van der Waals surface area (Å²) in [5.41, 5.74) is 2.43. The summed E-state index contributed by atoms with van der Waals surface area (Å²) in [5.74, 6) is 1.30. The lowest BCUT2D eigenvalue weighted by Gasteiger charge is -2.15. The van der Waals surface area contributed by atoms with Gasteiger partial charge in [-0.15, -0.1) is 0 Å². The number of ether oxygens (including phenoxy) is 4. The minimum atomic E-state index is -0.807. The van der Waals surface area contributed by atoms with Gasteiger partial charge in [0.1, 0.15) is 24.1 Å². The van der Waals surface area contributed by atoms with Gasteiger partial charge in [0.05, 0.1) is 25.9 Å². The zero-order valence-corrected chi connectivity index (χ0v) is 17.4. The Morgan fingerprint density at radius 1 is 1.23 bits per heavy atom. The largest absolute Gasteiger partial charge is 0.515 e. The first-order valence-electron chi connectivity index (χ1n) is 9.52. The average molecular weight is 427 g/mol. The van der Waals surface area contributed by atoms with E-state index in [9.17, 15) is 9.90 Å². The van der Waals surface area contributed by atoms with Gasteiger partial charge in [-0.3, -0.25) is 0 Å². The van der Waals surface area contributed by atoms with E-state index in [-0.39, 0.29) is 31.8 Å². The Bertz CT molecular complexity index is 1030. The molecule has 1 unspecified atom stereocenters. The molecular formula is C22H21NO6S. The van der Waals surface area contributed by atoms with Crippen molar-refractivity contribution >= 4 is 29.4 Å². The molecule has 7 nitrogen and oxygen atoms in total. The fourth-order valence-corrected chi connectivity index (χ4v) is 4.65. The quantitative estimate of drug-likeness (QED) is 0.691. The van der Waals surface area contributed by atoms with Gasteiger partial charge >= 0.3 is 6.16 Å². The smallest absolute Gasteiger partial charge is 0.497 e. The fraction of sp³-hybridized carbons (Fsp3) is 0.273. The van der Waals surface area contributed by atoms with E-state index in [2.05, 4.69) is 0 Å². The molecule has 2 aromatic rings. The first kappa shape index (κ1) is 20.3. The van der Waals surface area contributed by atoms with Crippen LogP contribution in [0.2, 0.25) is 0 Å². The minimum Gasteiger partial charge on any atom is -0.497 e. The summed E-state index contributed by atoms with van der Waals surface area (Å²) >= 11 is 1.59. The SMILES string of the molecule is CCOC(=O)OC1=NC2C(=C1c1ccc(OC)cc1OCCO)Sc1ccccc12. The number of aliphatic hydroxyl groups excluding tert-OH is 1. The maximum absolute atomic E-state index is 12.1. The number of carbonyl (C=O) groups is 1. The molecule has 1 N–H and O–H groups in total. The Labute approximate surface area is 178 Å². The first-order chi connectivity index (χ1) is 14.7. The number of methoxy groups -OCH3 is 1. The zero-order chi connectivity index (χ0) is 21.1. The van der Waals surface area contributed by atoms with E-state index in [1.54, 1.807) is 37.9 Å². The van der Waals surface area contributed by atoms with Crippen molar-refractivity contribution in [3.63, 3.8) is 0 Å². The van der Waals surface area contributed by atoms with Crippen LogP contribution >= 0.6 is 11.8 Å². The predicted molar refractivity (Wildman–Crippen MR) is 113 cm³/mol. The number of aliphatic imine (C=N–C) groups is 1. The Balaban J connectivity index is 1.82. The normalized spacial score (nSPS) is 16.6. The Morgan fingerprint density at radius 3 is 2.83 bits per heavy atom. The lowest BCUT2D eigenvalue weighted by molar-refractivity contribution is 0.101. The molecule has 0 aromatic heterocycles. The monoisotopic (exact) mass is 427 g/mol. The van der Waals surface area contributed by atoms with Crippen molar-refractivity contribution in [3.05, 3.63) is 58.5 Å². The second-order valence-corrected chi connectivity index (χ2v) is 7.52. The average Bonchev–Trinajstić information content (AvgIpc) is 3.27. The third-order valence-electron chi connectivity index (χ3n) is 4.64. The molecular weight excluding hydrogens is 406 g/mol. The number of carbonyl (C=O) groups excluding carboxylic acids is 1. The van der Waals surface area contributed by atoms with E-state index in [0.717, 1.165) is 15.4 Å². The van der Waals surface area contributed by atoms with E-state index in [4.69, 9.17) is 23.9 Å². The van der Waals surface area contributed by atoms with E-state index in [0.29, 0.717) is 22.6 Å². The van der Waals surface area contributed by atoms with Crippen LogP contribution in [0.15, 0.2) is 57.3 Å². The topological polar surface area (TPSA) is 86.6 Å². The molecule has 0 saturated heterocycles. The van der Waals surface area contributed by atoms with Crippen molar-refractivity contribution < 1.29 is 28.8 Å². The number of nitrogens with zero attached hydrogens (tertiary/aromatic N) is 1. The van der Waals surface area contributed by atoms with Crippen molar-refractivity contribution in [1.29, 1.82) is 0 Å². The van der Waals surface area contributed by atoms with Gasteiger partial charge in [0.2, 0.25) is 5.90 Å². The number of aliphatic hydroxyl groups is 1. The molecule has 2 aromatic carbocycles. The van der Waals surface area contributed by atoms with Crippen LogP contribution in [0, 0.1) is 0 Å². The molecule has 0 amide bonds. The number of rotatable bonds is 6. The van der Waals surface area contributed by atoms with Crippen LogP contribution in [0.1, 0.15) is 24.1 Å². The van der Waals surface area contributed by atoms with Gasteiger partial charge < -0.3 is 24.1 Å². The van der Waals surface area contributed by atoms with Gasteiger partial charge in [0.15, 0.2) is 0 Å². The van der Waals surface area contributed by atoms with Crippen LogP contribution in [-0.4, -0.2) is 44.1 Å².